The van der Waals surface area contributed by atoms with Crippen molar-refractivity contribution >= 4 is 10.9 Å². The molecule has 4 rings (SSSR count). The second kappa shape index (κ2) is 4.73. The summed E-state index contributed by atoms with van der Waals surface area (Å²) in [7, 11) is 0. The normalized spacial score (nSPS) is 17.9. The van der Waals surface area contributed by atoms with Gasteiger partial charge in [0.25, 0.3) is 0 Å². The molecule has 1 aliphatic heterocycles. The van der Waals surface area contributed by atoms with Gasteiger partial charge in [-0.1, -0.05) is 48.5 Å². The smallest absolute Gasteiger partial charge is 0.0753 e. The Kier molecular flexibility index (Phi) is 2.75. The number of hydrogen-bond acceptors (Lipinski definition) is 2. The lowest BCUT2D eigenvalue weighted by Crippen LogP contribution is -2.30. The Bertz CT molecular complexity index is 759. The summed E-state index contributed by atoms with van der Waals surface area (Å²) in [5.41, 5.74) is 5.21. The maximum Gasteiger partial charge on any atom is 0.0753 e. The Morgan fingerprint density at radius 1 is 0.900 bits per heavy atom. The molecule has 0 bridgehead atoms. The van der Waals surface area contributed by atoms with E-state index in [9.17, 15) is 0 Å². The Morgan fingerprint density at radius 2 is 1.75 bits per heavy atom. The highest BCUT2D eigenvalue weighted by molar-refractivity contribution is 5.82. The zero-order valence-corrected chi connectivity index (χ0v) is 11.2. The van der Waals surface area contributed by atoms with Crippen LogP contribution in [0.2, 0.25) is 0 Å². The van der Waals surface area contributed by atoms with Crippen molar-refractivity contribution in [3.8, 4) is 0 Å². The van der Waals surface area contributed by atoms with Gasteiger partial charge in [-0.05, 0) is 29.2 Å². The minimum atomic E-state index is 0.249. The molecule has 1 atom stereocenters. The van der Waals surface area contributed by atoms with Gasteiger partial charge in [0.2, 0.25) is 0 Å². The molecule has 1 unspecified atom stereocenters. The van der Waals surface area contributed by atoms with E-state index in [1.165, 1.54) is 22.1 Å². The molecule has 1 aliphatic rings. The standard InChI is InChI=1S/C18H16N2/c1-2-8-15-13(5-1)10-12-20-18(15)16-9-3-6-14-7-4-11-19-17(14)16/h1-9,11,18,20H,10,12H2. The monoisotopic (exact) mass is 260 g/mol. The molecule has 0 spiro atoms. The number of fused-ring (bicyclic) bond motifs is 2. The Morgan fingerprint density at radius 3 is 2.75 bits per heavy atom. The van der Waals surface area contributed by atoms with Gasteiger partial charge >= 0.3 is 0 Å². The molecule has 20 heavy (non-hydrogen) atoms. The largest absolute Gasteiger partial charge is 0.306 e. The van der Waals surface area contributed by atoms with Crippen LogP contribution in [-0.2, 0) is 6.42 Å². The van der Waals surface area contributed by atoms with E-state index < -0.39 is 0 Å². The molecule has 98 valence electrons. The maximum absolute atomic E-state index is 4.59. The minimum absolute atomic E-state index is 0.249. The predicted octanol–water partition coefficient (Wildman–Crippen LogP) is 3.47. The highest BCUT2D eigenvalue weighted by Crippen LogP contribution is 2.31. The lowest BCUT2D eigenvalue weighted by Gasteiger charge is -2.27. The highest BCUT2D eigenvalue weighted by atomic mass is 14.9. The number of hydrogen-bond donors (Lipinski definition) is 1. The van der Waals surface area contributed by atoms with Crippen LogP contribution in [0.1, 0.15) is 22.7 Å². The Hall–Kier alpha value is -2.19. The van der Waals surface area contributed by atoms with E-state index in [1.54, 1.807) is 0 Å². The molecule has 2 nitrogen and oxygen atoms in total. The molecular weight excluding hydrogens is 244 g/mol. The van der Waals surface area contributed by atoms with Crippen LogP contribution in [0, 0.1) is 0 Å². The molecule has 0 amide bonds. The molecule has 0 saturated carbocycles. The van der Waals surface area contributed by atoms with Crippen molar-refractivity contribution in [2.75, 3.05) is 6.54 Å². The van der Waals surface area contributed by atoms with Gasteiger partial charge in [-0.25, -0.2) is 0 Å². The summed E-state index contributed by atoms with van der Waals surface area (Å²) in [6, 6.07) is 19.5. The van der Waals surface area contributed by atoms with Crippen molar-refractivity contribution in [2.24, 2.45) is 0 Å². The third kappa shape index (κ3) is 1.81. The number of rotatable bonds is 1. The number of benzene rings is 2. The van der Waals surface area contributed by atoms with Crippen LogP contribution in [0.25, 0.3) is 10.9 Å². The Labute approximate surface area is 118 Å². The average molecular weight is 260 g/mol. The van der Waals surface area contributed by atoms with Crippen LogP contribution in [0.4, 0.5) is 0 Å². The van der Waals surface area contributed by atoms with E-state index in [0.717, 1.165) is 18.5 Å². The van der Waals surface area contributed by atoms with E-state index in [1.807, 2.05) is 12.3 Å². The van der Waals surface area contributed by atoms with Gasteiger partial charge in [0.15, 0.2) is 0 Å². The van der Waals surface area contributed by atoms with Crippen LogP contribution in [0.3, 0.4) is 0 Å². The quantitative estimate of drug-likeness (QED) is 0.724. The van der Waals surface area contributed by atoms with Gasteiger partial charge < -0.3 is 5.32 Å². The van der Waals surface area contributed by atoms with Gasteiger partial charge in [0, 0.05) is 18.1 Å². The number of aromatic nitrogens is 1. The number of nitrogens with one attached hydrogen (secondary N) is 1. The summed E-state index contributed by atoms with van der Waals surface area (Å²) in [4.78, 5) is 4.59. The van der Waals surface area contributed by atoms with Crippen LogP contribution in [-0.4, -0.2) is 11.5 Å². The zero-order chi connectivity index (χ0) is 13.4. The molecule has 2 heteroatoms. The molecule has 1 aromatic heterocycles. The summed E-state index contributed by atoms with van der Waals surface area (Å²) < 4.78 is 0. The number of nitrogens with zero attached hydrogens (tertiary/aromatic N) is 1. The first kappa shape index (κ1) is 11.6. The fourth-order valence-corrected chi connectivity index (χ4v) is 3.14. The van der Waals surface area contributed by atoms with Gasteiger partial charge in [0.1, 0.15) is 0 Å². The van der Waals surface area contributed by atoms with Crippen molar-refractivity contribution in [3.05, 3.63) is 77.5 Å². The third-order valence-corrected chi connectivity index (χ3v) is 4.08. The van der Waals surface area contributed by atoms with Crippen LogP contribution in [0.5, 0.6) is 0 Å². The van der Waals surface area contributed by atoms with Crippen LogP contribution >= 0.6 is 0 Å². The minimum Gasteiger partial charge on any atom is -0.306 e. The SMILES string of the molecule is c1ccc2c(c1)CCNC2c1cccc2cccnc12. The first-order valence-corrected chi connectivity index (χ1v) is 7.08. The number of para-hydroxylation sites is 1. The van der Waals surface area contributed by atoms with Gasteiger partial charge in [-0.3, -0.25) is 4.98 Å². The second-order valence-electron chi connectivity index (χ2n) is 5.26. The second-order valence-corrected chi connectivity index (χ2v) is 5.26. The van der Waals surface area contributed by atoms with Gasteiger partial charge in [-0.15, -0.1) is 0 Å². The molecule has 0 radical (unpaired) electrons. The molecule has 0 saturated heterocycles. The summed E-state index contributed by atoms with van der Waals surface area (Å²) in [5, 5.41) is 4.85. The van der Waals surface area contributed by atoms with Crippen molar-refractivity contribution in [3.63, 3.8) is 0 Å². The first-order valence-electron chi connectivity index (χ1n) is 7.08. The zero-order valence-electron chi connectivity index (χ0n) is 11.2. The predicted molar refractivity (Wildman–Crippen MR) is 81.7 cm³/mol. The first-order chi connectivity index (χ1) is 9.93. The van der Waals surface area contributed by atoms with Crippen molar-refractivity contribution in [2.45, 2.75) is 12.5 Å². The lowest BCUT2D eigenvalue weighted by atomic mass is 9.89. The molecule has 1 N–H and O–H groups in total. The highest BCUT2D eigenvalue weighted by Gasteiger charge is 2.22. The molecule has 2 heterocycles. The van der Waals surface area contributed by atoms with E-state index in [2.05, 4.69) is 58.8 Å². The lowest BCUT2D eigenvalue weighted by molar-refractivity contribution is 0.570. The Balaban J connectivity index is 1.93. The van der Waals surface area contributed by atoms with Gasteiger partial charge in [0.05, 0.1) is 11.6 Å². The molecular formula is C18H16N2. The summed E-state index contributed by atoms with van der Waals surface area (Å²) in [5.74, 6) is 0. The van der Waals surface area contributed by atoms with E-state index in [-0.39, 0.29) is 6.04 Å². The fraction of sp³-hybridized carbons (Fsp3) is 0.167. The average Bonchev–Trinajstić information content (AvgIpc) is 2.54. The number of pyridine rings is 1. The molecule has 2 aromatic carbocycles. The molecule has 3 aromatic rings. The van der Waals surface area contributed by atoms with Crippen LogP contribution in [0.15, 0.2) is 60.8 Å². The summed E-state index contributed by atoms with van der Waals surface area (Å²) in [6.07, 6.45) is 2.98. The fourth-order valence-electron chi connectivity index (χ4n) is 3.14. The summed E-state index contributed by atoms with van der Waals surface area (Å²) in [6.45, 7) is 1.02. The van der Waals surface area contributed by atoms with Crippen molar-refractivity contribution < 1.29 is 0 Å². The maximum atomic E-state index is 4.59. The topological polar surface area (TPSA) is 24.9 Å². The molecule has 0 aliphatic carbocycles. The van der Waals surface area contributed by atoms with Crippen molar-refractivity contribution in [1.29, 1.82) is 0 Å². The van der Waals surface area contributed by atoms with E-state index >= 15 is 0 Å². The van der Waals surface area contributed by atoms with Crippen LogP contribution < -0.4 is 5.32 Å². The van der Waals surface area contributed by atoms with Crippen molar-refractivity contribution in [1.82, 2.24) is 10.3 Å². The van der Waals surface area contributed by atoms with E-state index in [4.69, 9.17) is 0 Å². The van der Waals surface area contributed by atoms with Gasteiger partial charge in [-0.2, -0.15) is 0 Å². The third-order valence-electron chi connectivity index (χ3n) is 4.08. The summed E-state index contributed by atoms with van der Waals surface area (Å²) >= 11 is 0. The molecule has 0 fully saturated rings. The van der Waals surface area contributed by atoms with E-state index in [0.29, 0.717) is 0 Å².